The summed E-state index contributed by atoms with van der Waals surface area (Å²) >= 11 is 0. The molecular formula is C14H14N4O. The number of ether oxygens (including phenoxy) is 1. The Bertz CT molecular complexity index is 730. The number of anilines is 1. The van der Waals surface area contributed by atoms with Gasteiger partial charge in [0.2, 0.25) is 0 Å². The van der Waals surface area contributed by atoms with Crippen molar-refractivity contribution in [1.29, 1.82) is 0 Å². The molecule has 1 aliphatic rings. The molecule has 96 valence electrons. The number of pyridine rings is 1. The zero-order valence-electron chi connectivity index (χ0n) is 10.5. The van der Waals surface area contributed by atoms with Crippen molar-refractivity contribution in [3.05, 3.63) is 30.5 Å². The molecule has 3 aromatic rings. The lowest BCUT2D eigenvalue weighted by atomic mass is 10.1. The van der Waals surface area contributed by atoms with Gasteiger partial charge in [-0.1, -0.05) is 6.07 Å². The third kappa shape index (κ3) is 1.74. The Morgan fingerprint density at radius 3 is 2.84 bits per heavy atom. The number of nitrogens with one attached hydrogen (secondary N) is 1. The van der Waals surface area contributed by atoms with Crippen molar-refractivity contribution in [3.63, 3.8) is 0 Å². The highest BCUT2D eigenvalue weighted by molar-refractivity contribution is 6.03. The molecule has 1 N–H and O–H groups in total. The van der Waals surface area contributed by atoms with Gasteiger partial charge in [-0.15, -0.1) is 0 Å². The molecule has 4 rings (SSSR count). The van der Waals surface area contributed by atoms with E-state index in [4.69, 9.17) is 9.72 Å². The maximum atomic E-state index is 5.38. The van der Waals surface area contributed by atoms with E-state index in [9.17, 15) is 0 Å². The summed E-state index contributed by atoms with van der Waals surface area (Å²) in [5, 5.41) is 9.30. The Balaban J connectivity index is 1.88. The van der Waals surface area contributed by atoms with Crippen LogP contribution in [0.4, 0.5) is 5.82 Å². The number of aromatic nitrogens is 3. The van der Waals surface area contributed by atoms with Crippen LogP contribution in [-0.4, -0.2) is 41.5 Å². The Kier molecular flexibility index (Phi) is 2.38. The van der Waals surface area contributed by atoms with Crippen LogP contribution in [0, 0.1) is 0 Å². The van der Waals surface area contributed by atoms with Crippen molar-refractivity contribution in [3.8, 4) is 0 Å². The van der Waals surface area contributed by atoms with Gasteiger partial charge in [0.25, 0.3) is 0 Å². The number of rotatable bonds is 1. The van der Waals surface area contributed by atoms with Crippen molar-refractivity contribution in [2.45, 2.75) is 0 Å². The molecule has 0 atom stereocenters. The van der Waals surface area contributed by atoms with Gasteiger partial charge < -0.3 is 9.64 Å². The predicted octanol–water partition coefficient (Wildman–Crippen LogP) is 1.95. The summed E-state index contributed by atoms with van der Waals surface area (Å²) in [6.45, 7) is 3.35. The normalized spacial score (nSPS) is 16.3. The van der Waals surface area contributed by atoms with Crippen molar-refractivity contribution in [2.75, 3.05) is 31.2 Å². The summed E-state index contributed by atoms with van der Waals surface area (Å²) in [6.07, 6.45) is 1.84. The van der Waals surface area contributed by atoms with Gasteiger partial charge in [0.1, 0.15) is 5.82 Å². The van der Waals surface area contributed by atoms with E-state index >= 15 is 0 Å². The predicted molar refractivity (Wildman–Crippen MR) is 74.4 cm³/mol. The first-order chi connectivity index (χ1) is 9.42. The molecule has 0 unspecified atom stereocenters. The number of aromatic amines is 1. The summed E-state index contributed by atoms with van der Waals surface area (Å²) in [5.41, 5.74) is 2.04. The molecule has 19 heavy (non-hydrogen) atoms. The van der Waals surface area contributed by atoms with E-state index in [-0.39, 0.29) is 0 Å². The average Bonchev–Trinajstić information content (AvgIpc) is 2.96. The van der Waals surface area contributed by atoms with Gasteiger partial charge in [0.15, 0.2) is 0 Å². The largest absolute Gasteiger partial charge is 0.378 e. The van der Waals surface area contributed by atoms with Crippen molar-refractivity contribution in [2.24, 2.45) is 0 Å². The molecule has 1 aromatic carbocycles. The fourth-order valence-electron chi connectivity index (χ4n) is 2.56. The summed E-state index contributed by atoms with van der Waals surface area (Å²) in [7, 11) is 0. The number of benzene rings is 1. The quantitative estimate of drug-likeness (QED) is 0.721. The first-order valence-electron chi connectivity index (χ1n) is 6.47. The molecule has 0 spiro atoms. The second-order valence-electron chi connectivity index (χ2n) is 4.74. The van der Waals surface area contributed by atoms with Gasteiger partial charge in [-0.25, -0.2) is 4.98 Å². The second-order valence-corrected chi connectivity index (χ2v) is 4.74. The van der Waals surface area contributed by atoms with E-state index in [1.165, 1.54) is 0 Å². The third-order valence-corrected chi connectivity index (χ3v) is 3.60. The minimum absolute atomic E-state index is 0.773. The molecule has 0 bridgehead atoms. The smallest absolute Gasteiger partial charge is 0.129 e. The Hall–Kier alpha value is -2.14. The van der Waals surface area contributed by atoms with Gasteiger partial charge in [-0.05, 0) is 18.2 Å². The third-order valence-electron chi connectivity index (χ3n) is 3.60. The van der Waals surface area contributed by atoms with Crippen LogP contribution in [0.2, 0.25) is 0 Å². The van der Waals surface area contributed by atoms with Gasteiger partial charge in [-0.3, -0.25) is 5.10 Å². The van der Waals surface area contributed by atoms with E-state index in [1.54, 1.807) is 0 Å². The SMILES string of the molecule is c1cc2ccc3[nH]ncc3c2nc1N1CCOCC1. The number of fused-ring (bicyclic) bond motifs is 3. The first-order valence-corrected chi connectivity index (χ1v) is 6.47. The standard InChI is InChI=1S/C14H14N4O/c1-3-12-11(9-15-17-12)14-10(1)2-4-13(16-14)18-5-7-19-8-6-18/h1-4,9H,5-8H2,(H,15,17). The molecule has 5 nitrogen and oxygen atoms in total. The van der Waals surface area contributed by atoms with Crippen LogP contribution < -0.4 is 4.90 Å². The molecule has 0 amide bonds. The maximum Gasteiger partial charge on any atom is 0.129 e. The molecule has 3 heterocycles. The van der Waals surface area contributed by atoms with Gasteiger partial charge >= 0.3 is 0 Å². The molecule has 1 aliphatic heterocycles. The number of H-pyrrole nitrogens is 1. The van der Waals surface area contributed by atoms with Crippen LogP contribution >= 0.6 is 0 Å². The minimum Gasteiger partial charge on any atom is -0.378 e. The minimum atomic E-state index is 0.773. The maximum absolute atomic E-state index is 5.38. The average molecular weight is 254 g/mol. The molecule has 0 saturated carbocycles. The lowest BCUT2D eigenvalue weighted by Crippen LogP contribution is -2.36. The highest BCUT2D eigenvalue weighted by Crippen LogP contribution is 2.25. The summed E-state index contributed by atoms with van der Waals surface area (Å²) in [5.74, 6) is 1.02. The summed E-state index contributed by atoms with van der Waals surface area (Å²) in [4.78, 5) is 7.08. The summed E-state index contributed by atoms with van der Waals surface area (Å²) < 4.78 is 5.38. The lowest BCUT2D eigenvalue weighted by Gasteiger charge is -2.27. The fraction of sp³-hybridized carbons (Fsp3) is 0.286. The number of nitrogens with zero attached hydrogens (tertiary/aromatic N) is 3. The summed E-state index contributed by atoms with van der Waals surface area (Å²) in [6, 6.07) is 8.33. The number of hydrogen-bond acceptors (Lipinski definition) is 4. The van der Waals surface area contributed by atoms with Crippen LogP contribution in [0.5, 0.6) is 0 Å². The van der Waals surface area contributed by atoms with E-state index in [1.807, 2.05) is 12.3 Å². The second kappa shape index (κ2) is 4.20. The number of morpholine rings is 1. The van der Waals surface area contributed by atoms with Crippen LogP contribution in [0.15, 0.2) is 30.5 Å². The molecular weight excluding hydrogens is 240 g/mol. The van der Waals surface area contributed by atoms with Crippen molar-refractivity contribution < 1.29 is 4.74 Å². The first kappa shape index (κ1) is 10.8. The molecule has 5 heteroatoms. The van der Waals surface area contributed by atoms with E-state index in [2.05, 4.69) is 33.3 Å². The zero-order chi connectivity index (χ0) is 12.7. The molecule has 0 aliphatic carbocycles. The van der Waals surface area contributed by atoms with Crippen LogP contribution in [0.3, 0.4) is 0 Å². The van der Waals surface area contributed by atoms with Crippen molar-refractivity contribution in [1.82, 2.24) is 15.2 Å². The topological polar surface area (TPSA) is 54.0 Å². The zero-order valence-corrected chi connectivity index (χ0v) is 10.5. The van der Waals surface area contributed by atoms with E-state index in [0.29, 0.717) is 0 Å². The molecule has 1 saturated heterocycles. The van der Waals surface area contributed by atoms with E-state index < -0.39 is 0 Å². The highest BCUT2D eigenvalue weighted by atomic mass is 16.5. The van der Waals surface area contributed by atoms with Gasteiger partial charge in [0.05, 0.1) is 30.4 Å². The Morgan fingerprint density at radius 2 is 1.95 bits per heavy atom. The number of hydrogen-bond donors (Lipinski definition) is 1. The Morgan fingerprint density at radius 1 is 1.11 bits per heavy atom. The van der Waals surface area contributed by atoms with Crippen LogP contribution in [0.1, 0.15) is 0 Å². The lowest BCUT2D eigenvalue weighted by molar-refractivity contribution is 0.122. The molecule has 2 aromatic heterocycles. The highest BCUT2D eigenvalue weighted by Gasteiger charge is 2.13. The van der Waals surface area contributed by atoms with Gasteiger partial charge in [0, 0.05) is 23.9 Å². The fourth-order valence-corrected chi connectivity index (χ4v) is 2.56. The molecule has 1 fully saturated rings. The van der Waals surface area contributed by atoms with Crippen molar-refractivity contribution >= 4 is 27.6 Å². The van der Waals surface area contributed by atoms with Crippen LogP contribution in [0.25, 0.3) is 21.8 Å². The molecule has 0 radical (unpaired) electrons. The van der Waals surface area contributed by atoms with Crippen LogP contribution in [-0.2, 0) is 4.74 Å². The van der Waals surface area contributed by atoms with E-state index in [0.717, 1.165) is 53.9 Å². The Labute approximate surface area is 110 Å². The van der Waals surface area contributed by atoms with Gasteiger partial charge in [-0.2, -0.15) is 5.10 Å². The monoisotopic (exact) mass is 254 g/mol.